The molecule has 1 aliphatic heterocycles. The van der Waals surface area contributed by atoms with Gasteiger partial charge in [-0.15, -0.1) is 0 Å². The number of nitrogens with zero attached hydrogens (tertiary/aromatic N) is 3. The third-order valence-corrected chi connectivity index (χ3v) is 4.38. The number of carbonyl (C=O) groups excluding carboxylic acids is 1. The van der Waals surface area contributed by atoms with Gasteiger partial charge in [-0.1, -0.05) is 12.1 Å². The summed E-state index contributed by atoms with van der Waals surface area (Å²) in [5.74, 6) is 0.789. The quantitative estimate of drug-likeness (QED) is 0.572. The number of benzene rings is 2. The fourth-order valence-electron chi connectivity index (χ4n) is 3.02. The van der Waals surface area contributed by atoms with Crippen molar-refractivity contribution in [1.82, 2.24) is 4.90 Å². The standard InChI is InChI=1S/C22H19N3O4/c1-2-28-16-5-3-15(4-6-16)13-20-21(27)17-7-8-19(26)18(22(17)29-20)14-25(11-9-23)12-10-24/h3-8,13,26H,2,11-12,14H2,1H3/b20-13-. The van der Waals surface area contributed by atoms with Crippen molar-refractivity contribution in [2.45, 2.75) is 13.5 Å². The van der Waals surface area contributed by atoms with Gasteiger partial charge < -0.3 is 14.6 Å². The van der Waals surface area contributed by atoms with Gasteiger partial charge in [-0.25, -0.2) is 0 Å². The topological polar surface area (TPSA) is 107 Å². The van der Waals surface area contributed by atoms with Gasteiger partial charge in [0.05, 0.1) is 43.0 Å². The number of ether oxygens (including phenoxy) is 2. The van der Waals surface area contributed by atoms with Gasteiger partial charge in [0, 0.05) is 6.54 Å². The van der Waals surface area contributed by atoms with Crippen LogP contribution in [-0.4, -0.2) is 35.5 Å². The zero-order chi connectivity index (χ0) is 20.8. The molecule has 0 radical (unpaired) electrons. The van der Waals surface area contributed by atoms with Crippen molar-refractivity contribution >= 4 is 11.9 Å². The Morgan fingerprint density at radius 3 is 2.45 bits per heavy atom. The Morgan fingerprint density at radius 2 is 1.83 bits per heavy atom. The highest BCUT2D eigenvalue weighted by Gasteiger charge is 2.31. The number of phenols is 1. The predicted molar refractivity (Wildman–Crippen MR) is 105 cm³/mol. The molecule has 2 aromatic rings. The van der Waals surface area contributed by atoms with E-state index in [1.165, 1.54) is 12.1 Å². The summed E-state index contributed by atoms with van der Waals surface area (Å²) < 4.78 is 11.2. The Morgan fingerprint density at radius 1 is 1.14 bits per heavy atom. The maximum atomic E-state index is 12.8. The van der Waals surface area contributed by atoms with E-state index in [-0.39, 0.29) is 42.7 Å². The van der Waals surface area contributed by atoms with E-state index >= 15 is 0 Å². The van der Waals surface area contributed by atoms with E-state index in [9.17, 15) is 9.90 Å². The molecule has 0 aliphatic carbocycles. The summed E-state index contributed by atoms with van der Waals surface area (Å²) in [6, 6.07) is 14.2. The molecule has 0 saturated carbocycles. The zero-order valence-electron chi connectivity index (χ0n) is 15.9. The molecule has 7 nitrogen and oxygen atoms in total. The van der Waals surface area contributed by atoms with E-state index in [1.54, 1.807) is 23.1 Å². The molecule has 1 heterocycles. The van der Waals surface area contributed by atoms with Gasteiger partial charge in [0.25, 0.3) is 0 Å². The number of carbonyl (C=O) groups is 1. The van der Waals surface area contributed by atoms with Crippen LogP contribution in [-0.2, 0) is 6.54 Å². The van der Waals surface area contributed by atoms with E-state index in [4.69, 9.17) is 20.0 Å². The first-order chi connectivity index (χ1) is 14.1. The molecule has 0 bridgehead atoms. The first-order valence-electron chi connectivity index (χ1n) is 9.05. The van der Waals surface area contributed by atoms with Crippen LogP contribution < -0.4 is 9.47 Å². The SMILES string of the molecule is CCOc1ccc(/C=C2\Oc3c(ccc(O)c3CN(CC#N)CC#N)C2=O)cc1. The van der Waals surface area contributed by atoms with Crippen LogP contribution >= 0.6 is 0 Å². The molecule has 7 heteroatoms. The molecule has 0 atom stereocenters. The number of allylic oxidation sites excluding steroid dienone is 1. The number of phenolic OH excluding ortho intramolecular Hbond substituents is 1. The number of aromatic hydroxyl groups is 1. The predicted octanol–water partition coefficient (Wildman–Crippen LogP) is 3.26. The first kappa shape index (κ1) is 19.9. The van der Waals surface area contributed by atoms with Crippen molar-refractivity contribution in [3.8, 4) is 29.4 Å². The molecule has 2 aromatic carbocycles. The van der Waals surface area contributed by atoms with Gasteiger partial charge in [0.1, 0.15) is 17.2 Å². The molecule has 1 aliphatic rings. The van der Waals surface area contributed by atoms with Crippen LogP contribution in [0.25, 0.3) is 6.08 Å². The van der Waals surface area contributed by atoms with Gasteiger partial charge in [0.15, 0.2) is 5.76 Å². The molecule has 0 fully saturated rings. The Labute approximate surface area is 168 Å². The van der Waals surface area contributed by atoms with E-state index in [0.717, 1.165) is 11.3 Å². The second-order valence-corrected chi connectivity index (χ2v) is 6.34. The van der Waals surface area contributed by atoms with Crippen LogP contribution in [0.3, 0.4) is 0 Å². The second-order valence-electron chi connectivity index (χ2n) is 6.34. The summed E-state index contributed by atoms with van der Waals surface area (Å²) in [5, 5.41) is 28.2. The smallest absolute Gasteiger partial charge is 0.231 e. The van der Waals surface area contributed by atoms with Crippen LogP contribution in [0.2, 0.25) is 0 Å². The van der Waals surface area contributed by atoms with Crippen molar-refractivity contribution in [1.29, 1.82) is 10.5 Å². The highest BCUT2D eigenvalue weighted by atomic mass is 16.5. The molecule has 3 rings (SSSR count). The second kappa shape index (κ2) is 8.92. The highest BCUT2D eigenvalue weighted by molar-refractivity contribution is 6.15. The minimum Gasteiger partial charge on any atom is -0.507 e. The first-order valence-corrected chi connectivity index (χ1v) is 9.05. The highest BCUT2D eigenvalue weighted by Crippen LogP contribution is 2.40. The molecule has 0 amide bonds. The fraction of sp³-hybridized carbons (Fsp3) is 0.227. The number of ketones is 1. The van der Waals surface area contributed by atoms with Gasteiger partial charge in [-0.2, -0.15) is 10.5 Å². The van der Waals surface area contributed by atoms with Crippen molar-refractivity contribution in [3.05, 3.63) is 58.8 Å². The van der Waals surface area contributed by atoms with Crippen molar-refractivity contribution < 1.29 is 19.4 Å². The van der Waals surface area contributed by atoms with E-state index in [0.29, 0.717) is 17.7 Å². The van der Waals surface area contributed by atoms with Crippen molar-refractivity contribution in [2.24, 2.45) is 0 Å². The summed E-state index contributed by atoms with van der Waals surface area (Å²) in [5.41, 5.74) is 1.48. The molecule has 1 N–H and O–H groups in total. The molecular formula is C22H19N3O4. The summed E-state index contributed by atoms with van der Waals surface area (Å²) in [6.45, 7) is 2.61. The van der Waals surface area contributed by atoms with Crippen LogP contribution in [0.5, 0.6) is 17.2 Å². The lowest BCUT2D eigenvalue weighted by atomic mass is 10.0. The normalized spacial score (nSPS) is 13.7. The third-order valence-electron chi connectivity index (χ3n) is 4.38. The summed E-state index contributed by atoms with van der Waals surface area (Å²) >= 11 is 0. The van der Waals surface area contributed by atoms with Gasteiger partial charge in [-0.05, 0) is 42.8 Å². The molecule has 0 unspecified atom stereocenters. The Balaban J connectivity index is 1.90. The van der Waals surface area contributed by atoms with Crippen LogP contribution in [0.4, 0.5) is 0 Å². The average Bonchev–Trinajstić information content (AvgIpc) is 3.02. The molecule has 0 aromatic heterocycles. The maximum absolute atomic E-state index is 12.8. The number of nitriles is 2. The molecule has 0 saturated heterocycles. The molecular weight excluding hydrogens is 370 g/mol. The fourth-order valence-corrected chi connectivity index (χ4v) is 3.02. The lowest BCUT2D eigenvalue weighted by molar-refractivity contribution is 0.101. The minimum atomic E-state index is -0.290. The Hall–Kier alpha value is -3.81. The molecule has 0 spiro atoms. The number of hydrogen-bond donors (Lipinski definition) is 1. The number of Topliss-reactive ketones (excluding diaryl/α,β-unsaturated/α-hetero) is 1. The van der Waals surface area contributed by atoms with Gasteiger partial charge >= 0.3 is 0 Å². The maximum Gasteiger partial charge on any atom is 0.231 e. The van der Waals surface area contributed by atoms with Crippen molar-refractivity contribution in [2.75, 3.05) is 19.7 Å². The third kappa shape index (κ3) is 4.37. The van der Waals surface area contributed by atoms with Crippen LogP contribution in [0.15, 0.2) is 42.2 Å². The number of rotatable bonds is 7. The van der Waals surface area contributed by atoms with Gasteiger partial charge in [-0.3, -0.25) is 9.69 Å². The molecule has 146 valence electrons. The summed E-state index contributed by atoms with van der Waals surface area (Å²) in [6.07, 6.45) is 1.63. The largest absolute Gasteiger partial charge is 0.507 e. The monoisotopic (exact) mass is 389 g/mol. The average molecular weight is 389 g/mol. The number of fused-ring (bicyclic) bond motifs is 1. The lowest BCUT2D eigenvalue weighted by Gasteiger charge is -2.17. The lowest BCUT2D eigenvalue weighted by Crippen LogP contribution is -2.24. The Bertz CT molecular complexity index is 1010. The zero-order valence-corrected chi connectivity index (χ0v) is 15.9. The summed E-state index contributed by atoms with van der Waals surface area (Å²) in [7, 11) is 0. The number of hydrogen-bond acceptors (Lipinski definition) is 7. The van der Waals surface area contributed by atoms with E-state index in [1.807, 2.05) is 31.2 Å². The van der Waals surface area contributed by atoms with E-state index in [2.05, 4.69) is 0 Å². The van der Waals surface area contributed by atoms with Crippen LogP contribution in [0.1, 0.15) is 28.4 Å². The van der Waals surface area contributed by atoms with Crippen LogP contribution in [0, 0.1) is 22.7 Å². The van der Waals surface area contributed by atoms with Crippen molar-refractivity contribution in [3.63, 3.8) is 0 Å². The Kier molecular flexibility index (Phi) is 6.13. The minimum absolute atomic E-state index is 0.0134. The molecule has 29 heavy (non-hydrogen) atoms. The van der Waals surface area contributed by atoms with E-state index < -0.39 is 0 Å². The summed E-state index contributed by atoms with van der Waals surface area (Å²) in [4.78, 5) is 14.3. The van der Waals surface area contributed by atoms with Gasteiger partial charge in [0.2, 0.25) is 5.78 Å².